The average Bonchev–Trinajstić information content (AvgIpc) is 2.79. The van der Waals surface area contributed by atoms with Gasteiger partial charge in [0.25, 0.3) is 5.91 Å². The Labute approximate surface area is 197 Å². The molecule has 1 aromatic heterocycles. The Morgan fingerprint density at radius 1 is 0.971 bits per heavy atom. The smallest absolute Gasteiger partial charge is 0.417 e. The van der Waals surface area contributed by atoms with E-state index < -0.39 is 28.7 Å². The molecule has 0 aliphatic carbocycles. The molecule has 12 heteroatoms. The Bertz CT molecular complexity index is 1170. The van der Waals surface area contributed by atoms with Crippen LogP contribution in [0.3, 0.4) is 0 Å². The zero-order chi connectivity index (χ0) is 24.7. The van der Waals surface area contributed by atoms with Gasteiger partial charge in [0.1, 0.15) is 17.2 Å². The second-order valence-electron chi connectivity index (χ2n) is 6.76. The summed E-state index contributed by atoms with van der Waals surface area (Å²) in [5.41, 5.74) is 4.58. The maximum atomic E-state index is 13.0. The van der Waals surface area contributed by atoms with Crippen molar-refractivity contribution in [1.29, 1.82) is 0 Å². The molecule has 1 heterocycles. The Kier molecular flexibility index (Phi) is 7.92. The number of alkyl halides is 3. The molecule has 3 rings (SSSR count). The van der Waals surface area contributed by atoms with Crippen LogP contribution in [0.2, 0.25) is 5.02 Å². The van der Waals surface area contributed by atoms with E-state index in [0.717, 1.165) is 12.1 Å². The number of pyridine rings is 1. The number of carbonyl (C=O) groups is 2. The zero-order valence-corrected chi connectivity index (χ0v) is 18.4. The second-order valence-corrected chi connectivity index (χ2v) is 7.17. The minimum Gasteiger partial charge on any atom is -0.457 e. The molecule has 0 unspecified atom stereocenters. The molecule has 2 aromatic carbocycles. The molecule has 178 valence electrons. The number of aromatic nitrogens is 1. The first-order valence-electron chi connectivity index (χ1n) is 9.87. The van der Waals surface area contributed by atoms with Crippen molar-refractivity contribution in [2.24, 2.45) is 0 Å². The highest BCUT2D eigenvalue weighted by Gasteiger charge is 2.33. The lowest BCUT2D eigenvalue weighted by molar-refractivity contribution is -0.137. The molecule has 3 amide bonds. The molecule has 0 saturated heterocycles. The normalized spacial score (nSPS) is 11.0. The molecule has 0 spiro atoms. The molecule has 34 heavy (non-hydrogen) atoms. The van der Waals surface area contributed by atoms with Gasteiger partial charge in [0.15, 0.2) is 0 Å². The first-order valence-corrected chi connectivity index (χ1v) is 10.3. The van der Waals surface area contributed by atoms with Gasteiger partial charge in [-0.2, -0.15) is 13.2 Å². The molecule has 0 aliphatic heterocycles. The van der Waals surface area contributed by atoms with Crippen LogP contribution in [0.15, 0.2) is 60.8 Å². The van der Waals surface area contributed by atoms with Crippen LogP contribution in [0.4, 0.5) is 29.3 Å². The van der Waals surface area contributed by atoms with Crippen LogP contribution in [-0.4, -0.2) is 23.5 Å². The third-order valence-electron chi connectivity index (χ3n) is 4.22. The van der Waals surface area contributed by atoms with Crippen molar-refractivity contribution in [1.82, 2.24) is 15.8 Å². The Balaban J connectivity index is 1.60. The minimum atomic E-state index is -4.65. The van der Waals surface area contributed by atoms with Gasteiger partial charge in [-0.05, 0) is 48.5 Å². The SMILES string of the molecule is CCNNC(=O)c1cc(Oc2ccc(NC(=O)Nc3ccc(Cl)c(C(F)(F)F)c3)cc2)ccn1. The molecule has 4 N–H and O–H groups in total. The molecular weight excluding hydrogens is 475 g/mol. The predicted molar refractivity (Wildman–Crippen MR) is 121 cm³/mol. The number of benzene rings is 2. The Hall–Kier alpha value is -3.83. The summed E-state index contributed by atoms with van der Waals surface area (Å²) >= 11 is 5.58. The van der Waals surface area contributed by atoms with Crippen LogP contribution in [0, 0.1) is 0 Å². The van der Waals surface area contributed by atoms with Crippen LogP contribution >= 0.6 is 11.6 Å². The van der Waals surface area contributed by atoms with Gasteiger partial charge in [-0.15, -0.1) is 0 Å². The number of halogens is 4. The van der Waals surface area contributed by atoms with Gasteiger partial charge in [-0.25, -0.2) is 10.2 Å². The van der Waals surface area contributed by atoms with Crippen molar-refractivity contribution in [2.75, 3.05) is 17.2 Å². The fraction of sp³-hybridized carbons (Fsp3) is 0.136. The lowest BCUT2D eigenvalue weighted by atomic mass is 10.2. The standard InChI is InChI=1S/C22H19ClF3N5O3/c1-2-28-31-20(32)19-12-16(9-10-27-19)34-15-6-3-13(4-7-15)29-21(33)30-14-5-8-18(23)17(11-14)22(24,25)26/h3-12,28H,2H2,1H3,(H,31,32)(H2,29,30,33). The Morgan fingerprint density at radius 2 is 1.65 bits per heavy atom. The molecule has 0 saturated carbocycles. The quantitative estimate of drug-likeness (QED) is 0.328. The fourth-order valence-electron chi connectivity index (χ4n) is 2.69. The van der Waals surface area contributed by atoms with Crippen molar-refractivity contribution in [3.8, 4) is 11.5 Å². The van der Waals surface area contributed by atoms with E-state index in [1.165, 1.54) is 30.5 Å². The first kappa shape index (κ1) is 24.8. The van der Waals surface area contributed by atoms with Crippen LogP contribution in [-0.2, 0) is 6.18 Å². The van der Waals surface area contributed by atoms with Gasteiger partial charge in [0.2, 0.25) is 0 Å². The summed E-state index contributed by atoms with van der Waals surface area (Å²) in [7, 11) is 0. The molecule has 0 fully saturated rings. The number of hydrazine groups is 1. The highest BCUT2D eigenvalue weighted by atomic mass is 35.5. The van der Waals surface area contributed by atoms with Crippen LogP contribution in [0.5, 0.6) is 11.5 Å². The van der Waals surface area contributed by atoms with E-state index in [1.807, 2.05) is 6.92 Å². The summed E-state index contributed by atoms with van der Waals surface area (Å²) in [6, 6.07) is 11.6. The summed E-state index contributed by atoms with van der Waals surface area (Å²) in [5.74, 6) is 0.377. The van der Waals surface area contributed by atoms with E-state index in [-0.39, 0.29) is 11.4 Å². The van der Waals surface area contributed by atoms with Gasteiger partial charge in [-0.3, -0.25) is 15.2 Å². The third kappa shape index (κ3) is 6.83. The predicted octanol–water partition coefficient (Wildman–Crippen LogP) is 5.44. The van der Waals surface area contributed by atoms with Gasteiger partial charge < -0.3 is 15.4 Å². The number of amides is 3. The number of nitrogens with one attached hydrogen (secondary N) is 4. The number of rotatable bonds is 7. The summed E-state index contributed by atoms with van der Waals surface area (Å²) in [6.45, 7) is 2.38. The summed E-state index contributed by atoms with van der Waals surface area (Å²) in [5, 5.41) is 4.37. The molecule has 8 nitrogen and oxygen atoms in total. The summed E-state index contributed by atoms with van der Waals surface area (Å²) in [6.07, 6.45) is -3.22. The number of hydrogen-bond donors (Lipinski definition) is 4. The van der Waals surface area contributed by atoms with Crippen molar-refractivity contribution in [3.05, 3.63) is 77.1 Å². The number of ether oxygens (including phenoxy) is 1. The summed E-state index contributed by atoms with van der Waals surface area (Å²) in [4.78, 5) is 28.1. The van der Waals surface area contributed by atoms with E-state index in [4.69, 9.17) is 16.3 Å². The number of carbonyl (C=O) groups excluding carboxylic acids is 2. The summed E-state index contributed by atoms with van der Waals surface area (Å²) < 4.78 is 44.6. The van der Waals surface area contributed by atoms with E-state index in [2.05, 4.69) is 26.5 Å². The molecule has 0 aliphatic rings. The Morgan fingerprint density at radius 3 is 2.32 bits per heavy atom. The molecule has 0 atom stereocenters. The maximum Gasteiger partial charge on any atom is 0.417 e. The van der Waals surface area contributed by atoms with Crippen molar-refractivity contribution >= 4 is 34.9 Å². The molecule has 0 bridgehead atoms. The zero-order valence-electron chi connectivity index (χ0n) is 17.7. The van der Waals surface area contributed by atoms with E-state index >= 15 is 0 Å². The number of urea groups is 1. The largest absolute Gasteiger partial charge is 0.457 e. The van der Waals surface area contributed by atoms with Gasteiger partial charge >= 0.3 is 12.2 Å². The van der Waals surface area contributed by atoms with E-state index in [1.54, 1.807) is 18.2 Å². The maximum absolute atomic E-state index is 13.0. The second kappa shape index (κ2) is 10.9. The van der Waals surface area contributed by atoms with Crippen molar-refractivity contribution < 1.29 is 27.5 Å². The number of anilines is 2. The molecular formula is C22H19ClF3N5O3. The van der Waals surface area contributed by atoms with Crippen molar-refractivity contribution in [3.63, 3.8) is 0 Å². The first-order chi connectivity index (χ1) is 16.2. The average molecular weight is 494 g/mol. The van der Waals surface area contributed by atoms with Gasteiger partial charge in [0, 0.05) is 30.2 Å². The van der Waals surface area contributed by atoms with Crippen LogP contribution < -0.4 is 26.2 Å². The fourth-order valence-corrected chi connectivity index (χ4v) is 2.91. The minimum absolute atomic E-state index is 0.0687. The molecule has 3 aromatic rings. The highest BCUT2D eigenvalue weighted by molar-refractivity contribution is 6.31. The lowest BCUT2D eigenvalue weighted by Gasteiger charge is -2.12. The van der Waals surface area contributed by atoms with Crippen LogP contribution in [0.25, 0.3) is 0 Å². The van der Waals surface area contributed by atoms with E-state index in [0.29, 0.717) is 23.7 Å². The number of hydrogen-bond acceptors (Lipinski definition) is 5. The van der Waals surface area contributed by atoms with E-state index in [9.17, 15) is 22.8 Å². The van der Waals surface area contributed by atoms with Crippen LogP contribution in [0.1, 0.15) is 23.0 Å². The lowest BCUT2D eigenvalue weighted by Crippen LogP contribution is -2.37. The number of nitrogens with zero attached hydrogens (tertiary/aromatic N) is 1. The highest BCUT2D eigenvalue weighted by Crippen LogP contribution is 2.36. The topological polar surface area (TPSA) is 104 Å². The monoisotopic (exact) mass is 493 g/mol. The van der Waals surface area contributed by atoms with Crippen molar-refractivity contribution in [2.45, 2.75) is 13.1 Å². The molecule has 0 radical (unpaired) electrons. The van der Waals surface area contributed by atoms with Gasteiger partial charge in [0.05, 0.1) is 10.6 Å². The van der Waals surface area contributed by atoms with Gasteiger partial charge in [-0.1, -0.05) is 18.5 Å². The third-order valence-corrected chi connectivity index (χ3v) is 4.55.